The molecule has 1 amide bonds. The van der Waals surface area contributed by atoms with Gasteiger partial charge in [-0.1, -0.05) is 18.2 Å². The van der Waals surface area contributed by atoms with E-state index in [-0.39, 0.29) is 17.8 Å². The van der Waals surface area contributed by atoms with Crippen LogP contribution in [0.5, 0.6) is 5.75 Å². The van der Waals surface area contributed by atoms with Gasteiger partial charge in [-0.15, -0.1) is 5.10 Å². The van der Waals surface area contributed by atoms with Gasteiger partial charge in [-0.3, -0.25) is 14.5 Å². The summed E-state index contributed by atoms with van der Waals surface area (Å²) in [6.45, 7) is 4.56. The van der Waals surface area contributed by atoms with Crippen LogP contribution in [-0.2, 0) is 29.2 Å². The molecule has 0 saturated carbocycles. The first kappa shape index (κ1) is 23.9. The van der Waals surface area contributed by atoms with Gasteiger partial charge >= 0.3 is 5.97 Å². The topological polar surface area (TPSA) is 103 Å². The van der Waals surface area contributed by atoms with Crippen LogP contribution >= 0.6 is 0 Å². The number of rotatable bonds is 6. The zero-order valence-electron chi connectivity index (χ0n) is 20.4. The summed E-state index contributed by atoms with van der Waals surface area (Å²) in [6, 6.07) is 13.8. The molecular formula is C26H30N6O4. The molecule has 1 aromatic heterocycles. The Balaban J connectivity index is 1.22. The number of aromatic nitrogens is 4. The smallest absolute Gasteiger partial charge is 0.308 e. The van der Waals surface area contributed by atoms with Gasteiger partial charge in [-0.05, 0) is 71.8 Å². The third-order valence-corrected chi connectivity index (χ3v) is 6.86. The van der Waals surface area contributed by atoms with Crippen LogP contribution in [0.25, 0.3) is 0 Å². The number of hydrogen-bond donors (Lipinski definition) is 0. The molecule has 2 aliphatic rings. The van der Waals surface area contributed by atoms with Crippen LogP contribution in [0, 0.1) is 5.92 Å². The van der Waals surface area contributed by atoms with E-state index in [0.29, 0.717) is 31.8 Å². The molecule has 1 saturated heterocycles. The molecular weight excluding hydrogens is 460 g/mol. The van der Waals surface area contributed by atoms with Crippen molar-refractivity contribution < 1.29 is 19.1 Å². The molecule has 5 rings (SSSR count). The summed E-state index contributed by atoms with van der Waals surface area (Å²) in [6.07, 6.45) is 3.20. The maximum absolute atomic E-state index is 13.3. The van der Waals surface area contributed by atoms with E-state index in [1.807, 2.05) is 35.2 Å². The number of amides is 1. The summed E-state index contributed by atoms with van der Waals surface area (Å²) in [5, 5.41) is 11.2. The average molecular weight is 491 g/mol. The highest BCUT2D eigenvalue weighted by molar-refractivity contribution is 5.94. The minimum absolute atomic E-state index is 0.0000852. The molecule has 0 N–H and O–H groups in total. The summed E-state index contributed by atoms with van der Waals surface area (Å²) in [7, 11) is 1.45. The Morgan fingerprint density at radius 2 is 1.81 bits per heavy atom. The fourth-order valence-corrected chi connectivity index (χ4v) is 4.85. The van der Waals surface area contributed by atoms with Crippen molar-refractivity contribution in [2.75, 3.05) is 33.4 Å². The lowest BCUT2D eigenvalue weighted by molar-refractivity contribution is -0.147. The number of carbonyl (C=O) groups excluding carboxylic acids is 2. The third kappa shape index (κ3) is 5.54. The van der Waals surface area contributed by atoms with Crippen molar-refractivity contribution >= 4 is 11.9 Å². The largest absolute Gasteiger partial charge is 0.491 e. The monoisotopic (exact) mass is 490 g/mol. The van der Waals surface area contributed by atoms with Gasteiger partial charge in [-0.25, -0.2) is 4.68 Å². The number of tetrazole rings is 1. The summed E-state index contributed by atoms with van der Waals surface area (Å²) in [5.74, 6) is 0.703. The van der Waals surface area contributed by atoms with E-state index in [1.54, 1.807) is 11.0 Å². The first-order chi connectivity index (χ1) is 17.6. The quantitative estimate of drug-likeness (QED) is 0.485. The SMILES string of the molecule is COC(=O)C1CCN(Cc2ccc3c(c2)CN(C(=O)c2ccc(Cn4cnnn4)cc2)CCO3)CC1. The molecule has 0 bridgehead atoms. The molecule has 3 heterocycles. The minimum atomic E-state index is -0.108. The lowest BCUT2D eigenvalue weighted by atomic mass is 9.96. The molecule has 10 nitrogen and oxygen atoms in total. The van der Waals surface area contributed by atoms with E-state index in [2.05, 4.69) is 32.6 Å². The van der Waals surface area contributed by atoms with E-state index in [9.17, 15) is 9.59 Å². The Hall–Kier alpha value is -3.79. The highest BCUT2D eigenvalue weighted by Crippen LogP contribution is 2.27. The Morgan fingerprint density at radius 3 is 2.53 bits per heavy atom. The van der Waals surface area contributed by atoms with Crippen molar-refractivity contribution in [2.24, 2.45) is 5.92 Å². The molecule has 0 unspecified atom stereocenters. The first-order valence-electron chi connectivity index (χ1n) is 12.2. The first-order valence-corrected chi connectivity index (χ1v) is 12.2. The van der Waals surface area contributed by atoms with Gasteiger partial charge in [0.15, 0.2) is 0 Å². The van der Waals surface area contributed by atoms with Crippen LogP contribution in [0.1, 0.15) is 39.9 Å². The van der Waals surface area contributed by atoms with Gasteiger partial charge in [0.05, 0.1) is 26.1 Å². The maximum atomic E-state index is 13.3. The molecule has 0 radical (unpaired) electrons. The van der Waals surface area contributed by atoms with Crippen LogP contribution in [0.15, 0.2) is 48.8 Å². The van der Waals surface area contributed by atoms with Gasteiger partial charge in [0, 0.05) is 24.2 Å². The molecule has 2 aromatic carbocycles. The average Bonchev–Trinajstić information content (AvgIpc) is 3.33. The molecule has 188 valence electrons. The number of carbonyl (C=O) groups is 2. The molecule has 3 aromatic rings. The van der Waals surface area contributed by atoms with Crippen molar-refractivity contribution in [1.82, 2.24) is 30.0 Å². The zero-order chi connectivity index (χ0) is 24.9. The number of esters is 1. The number of nitrogens with zero attached hydrogens (tertiary/aromatic N) is 6. The van der Waals surface area contributed by atoms with E-state index in [0.717, 1.165) is 49.4 Å². The minimum Gasteiger partial charge on any atom is -0.491 e. The predicted molar refractivity (Wildman–Crippen MR) is 130 cm³/mol. The second-order valence-corrected chi connectivity index (χ2v) is 9.30. The molecule has 2 aliphatic heterocycles. The van der Waals surface area contributed by atoms with Crippen molar-refractivity contribution in [3.8, 4) is 5.75 Å². The van der Waals surface area contributed by atoms with Gasteiger partial charge in [0.2, 0.25) is 0 Å². The Kier molecular flexibility index (Phi) is 7.22. The van der Waals surface area contributed by atoms with Crippen molar-refractivity contribution in [3.63, 3.8) is 0 Å². The van der Waals surface area contributed by atoms with Gasteiger partial charge in [0.1, 0.15) is 18.7 Å². The number of hydrogen-bond acceptors (Lipinski definition) is 8. The standard InChI is InChI=1S/C26H30N6O4/c1-35-26(34)22-8-10-30(11-9-22)15-20-4-7-24-23(14-20)17-31(12-13-36-24)25(33)21-5-2-19(3-6-21)16-32-18-27-28-29-32/h2-7,14,18,22H,8-13,15-17H2,1H3. The number of piperidine rings is 1. The fourth-order valence-electron chi connectivity index (χ4n) is 4.85. The molecule has 36 heavy (non-hydrogen) atoms. The Labute approximate surface area is 209 Å². The normalized spacial score (nSPS) is 16.6. The van der Waals surface area contributed by atoms with Crippen molar-refractivity contribution in [1.29, 1.82) is 0 Å². The number of ether oxygens (including phenoxy) is 2. The molecule has 10 heteroatoms. The molecule has 1 fully saturated rings. The fraction of sp³-hybridized carbons (Fsp3) is 0.423. The number of benzene rings is 2. The van der Waals surface area contributed by atoms with Crippen LogP contribution in [-0.4, -0.2) is 75.2 Å². The lowest BCUT2D eigenvalue weighted by Gasteiger charge is -2.30. The van der Waals surface area contributed by atoms with Crippen molar-refractivity contribution in [2.45, 2.75) is 32.5 Å². The molecule has 0 spiro atoms. The lowest BCUT2D eigenvalue weighted by Crippen LogP contribution is -2.36. The van der Waals surface area contributed by atoms with Crippen LogP contribution in [0.2, 0.25) is 0 Å². The Morgan fingerprint density at radius 1 is 1.03 bits per heavy atom. The number of likely N-dealkylation sites (tertiary alicyclic amines) is 1. The molecule has 0 atom stereocenters. The van der Waals surface area contributed by atoms with E-state index in [4.69, 9.17) is 9.47 Å². The van der Waals surface area contributed by atoms with Crippen molar-refractivity contribution in [3.05, 3.63) is 71.0 Å². The summed E-state index contributed by atoms with van der Waals surface area (Å²) in [4.78, 5) is 29.3. The highest BCUT2D eigenvalue weighted by Gasteiger charge is 2.26. The maximum Gasteiger partial charge on any atom is 0.308 e. The summed E-state index contributed by atoms with van der Waals surface area (Å²) >= 11 is 0. The number of methoxy groups -OCH3 is 1. The predicted octanol–water partition coefficient (Wildman–Crippen LogP) is 2.14. The van der Waals surface area contributed by atoms with Crippen LogP contribution < -0.4 is 4.74 Å². The van der Waals surface area contributed by atoms with Gasteiger partial charge in [0.25, 0.3) is 5.91 Å². The molecule has 0 aliphatic carbocycles. The van der Waals surface area contributed by atoms with Gasteiger partial charge < -0.3 is 14.4 Å². The van der Waals surface area contributed by atoms with E-state index in [1.165, 1.54) is 12.7 Å². The second-order valence-electron chi connectivity index (χ2n) is 9.30. The van der Waals surface area contributed by atoms with E-state index >= 15 is 0 Å². The van der Waals surface area contributed by atoms with Crippen LogP contribution in [0.3, 0.4) is 0 Å². The van der Waals surface area contributed by atoms with Gasteiger partial charge in [-0.2, -0.15) is 0 Å². The Bertz CT molecular complexity index is 1190. The summed E-state index contributed by atoms with van der Waals surface area (Å²) in [5.41, 5.74) is 3.85. The van der Waals surface area contributed by atoms with Crippen LogP contribution in [0.4, 0.5) is 0 Å². The van der Waals surface area contributed by atoms with E-state index < -0.39 is 0 Å². The third-order valence-electron chi connectivity index (χ3n) is 6.86. The highest BCUT2D eigenvalue weighted by atomic mass is 16.5. The summed E-state index contributed by atoms with van der Waals surface area (Å²) < 4.78 is 12.5. The zero-order valence-corrected chi connectivity index (χ0v) is 20.4. The number of fused-ring (bicyclic) bond motifs is 1. The second kappa shape index (κ2) is 10.9.